The molecule has 1 saturated heterocycles. The van der Waals surface area contributed by atoms with E-state index in [1.165, 1.54) is 12.0 Å². The number of nitrogens with one attached hydrogen (secondary N) is 1. The van der Waals surface area contributed by atoms with Crippen molar-refractivity contribution >= 4 is 0 Å². The average Bonchev–Trinajstić information content (AvgIpc) is 3.17. The molecule has 20 heavy (non-hydrogen) atoms. The van der Waals surface area contributed by atoms with Crippen molar-refractivity contribution in [2.24, 2.45) is 0 Å². The zero-order chi connectivity index (χ0) is 13.4. The number of benzene rings is 1. The topological polar surface area (TPSA) is 60.2 Å². The van der Waals surface area contributed by atoms with Gasteiger partial charge in [-0.2, -0.15) is 4.98 Å². The van der Waals surface area contributed by atoms with Crippen molar-refractivity contribution < 1.29 is 9.26 Å². The van der Waals surface area contributed by atoms with Gasteiger partial charge in [0.15, 0.2) is 5.82 Å². The van der Waals surface area contributed by atoms with Crippen LogP contribution in [-0.2, 0) is 6.42 Å². The van der Waals surface area contributed by atoms with Crippen LogP contribution >= 0.6 is 0 Å². The Morgan fingerprint density at radius 3 is 3.10 bits per heavy atom. The molecule has 1 N–H and O–H groups in total. The normalized spacial score (nSPS) is 25.2. The summed E-state index contributed by atoms with van der Waals surface area (Å²) in [5.74, 6) is 2.62. The van der Waals surface area contributed by atoms with E-state index in [1.54, 1.807) is 0 Å². The van der Waals surface area contributed by atoms with Gasteiger partial charge in [-0.25, -0.2) is 0 Å². The summed E-state index contributed by atoms with van der Waals surface area (Å²) in [4.78, 5) is 4.57. The van der Waals surface area contributed by atoms with Crippen LogP contribution in [0.2, 0.25) is 0 Å². The maximum atomic E-state index is 5.78. The molecule has 0 bridgehead atoms. The number of rotatable bonds is 2. The van der Waals surface area contributed by atoms with E-state index in [9.17, 15) is 0 Å². The highest BCUT2D eigenvalue weighted by atomic mass is 16.5. The largest absolute Gasteiger partial charge is 0.492 e. The fraction of sp³-hybridized carbons (Fsp3) is 0.467. The highest BCUT2D eigenvalue weighted by molar-refractivity contribution is 5.36. The summed E-state index contributed by atoms with van der Waals surface area (Å²) in [6.07, 6.45) is 3.16. The summed E-state index contributed by atoms with van der Waals surface area (Å²) in [6, 6.07) is 8.39. The molecule has 5 heteroatoms. The number of para-hydroxylation sites is 1. The van der Waals surface area contributed by atoms with Gasteiger partial charge in [0.1, 0.15) is 12.4 Å². The van der Waals surface area contributed by atoms with Gasteiger partial charge in [-0.15, -0.1) is 0 Å². The van der Waals surface area contributed by atoms with Crippen LogP contribution in [0.15, 0.2) is 28.8 Å². The predicted octanol–water partition coefficient (Wildman–Crippen LogP) is 2.21. The van der Waals surface area contributed by atoms with E-state index in [4.69, 9.17) is 9.26 Å². The van der Waals surface area contributed by atoms with Crippen LogP contribution < -0.4 is 10.1 Å². The molecule has 0 spiro atoms. The molecule has 5 nitrogen and oxygen atoms in total. The Labute approximate surface area is 117 Å². The van der Waals surface area contributed by atoms with Crippen LogP contribution in [-0.4, -0.2) is 23.3 Å². The molecule has 1 aromatic heterocycles. The lowest BCUT2D eigenvalue weighted by atomic mass is 9.97. The van der Waals surface area contributed by atoms with Crippen molar-refractivity contribution in [1.29, 1.82) is 0 Å². The molecule has 0 saturated carbocycles. The second-order valence-electron chi connectivity index (χ2n) is 5.46. The monoisotopic (exact) mass is 271 g/mol. The van der Waals surface area contributed by atoms with Crippen LogP contribution in [0.5, 0.6) is 5.75 Å². The third-order valence-corrected chi connectivity index (χ3v) is 4.06. The van der Waals surface area contributed by atoms with Crippen LogP contribution in [0, 0.1) is 0 Å². The van der Waals surface area contributed by atoms with E-state index >= 15 is 0 Å². The Morgan fingerprint density at radius 2 is 2.20 bits per heavy atom. The maximum Gasteiger partial charge on any atom is 0.233 e. The first-order chi connectivity index (χ1) is 9.90. The van der Waals surface area contributed by atoms with Gasteiger partial charge in [0.25, 0.3) is 0 Å². The van der Waals surface area contributed by atoms with Crippen molar-refractivity contribution in [2.75, 3.05) is 13.2 Å². The van der Waals surface area contributed by atoms with Crippen LogP contribution in [0.4, 0.5) is 0 Å². The van der Waals surface area contributed by atoms with Crippen LogP contribution in [0.25, 0.3) is 0 Å². The molecule has 2 aliphatic rings. The summed E-state index contributed by atoms with van der Waals surface area (Å²) < 4.78 is 11.2. The molecular formula is C15H17N3O2. The van der Waals surface area contributed by atoms with Gasteiger partial charge in [-0.1, -0.05) is 23.4 Å². The summed E-state index contributed by atoms with van der Waals surface area (Å²) in [5.41, 5.74) is 1.21. The quantitative estimate of drug-likeness (QED) is 0.907. The summed E-state index contributed by atoms with van der Waals surface area (Å²) in [7, 11) is 0. The first-order valence-electron chi connectivity index (χ1n) is 7.18. The molecule has 2 unspecified atom stereocenters. The standard InChI is InChI=1S/C15H17N3O2/c1-2-6-13-10(4-1)8-11(9-19-13)15-17-14(18-20-15)12-5-3-7-16-12/h1-2,4,6,11-12,16H,3,5,7-9H2. The average molecular weight is 271 g/mol. The van der Waals surface area contributed by atoms with Crippen molar-refractivity contribution in [3.63, 3.8) is 0 Å². The maximum absolute atomic E-state index is 5.78. The second kappa shape index (κ2) is 4.90. The third kappa shape index (κ3) is 2.08. The van der Waals surface area contributed by atoms with Crippen molar-refractivity contribution in [2.45, 2.75) is 31.2 Å². The minimum absolute atomic E-state index is 0.160. The number of ether oxygens (including phenoxy) is 1. The lowest BCUT2D eigenvalue weighted by Crippen LogP contribution is -2.20. The van der Waals surface area contributed by atoms with Crippen LogP contribution in [0.3, 0.4) is 0 Å². The third-order valence-electron chi connectivity index (χ3n) is 4.06. The number of fused-ring (bicyclic) bond motifs is 1. The number of nitrogens with zero attached hydrogens (tertiary/aromatic N) is 2. The van der Waals surface area contributed by atoms with Gasteiger partial charge in [0.2, 0.25) is 5.89 Å². The van der Waals surface area contributed by atoms with Crippen molar-refractivity contribution in [1.82, 2.24) is 15.5 Å². The van der Waals surface area contributed by atoms with Gasteiger partial charge in [0, 0.05) is 0 Å². The molecule has 2 atom stereocenters. The highest BCUT2D eigenvalue weighted by Crippen LogP contribution is 2.32. The predicted molar refractivity (Wildman–Crippen MR) is 72.7 cm³/mol. The lowest BCUT2D eigenvalue weighted by Gasteiger charge is -2.22. The van der Waals surface area contributed by atoms with Gasteiger partial charge < -0.3 is 14.6 Å². The van der Waals surface area contributed by atoms with Gasteiger partial charge in [-0.05, 0) is 37.4 Å². The number of hydrogen-bond acceptors (Lipinski definition) is 5. The summed E-state index contributed by atoms with van der Waals surface area (Å²) in [6.45, 7) is 1.64. The fourth-order valence-electron chi connectivity index (χ4n) is 2.95. The first-order valence-corrected chi connectivity index (χ1v) is 7.18. The van der Waals surface area contributed by atoms with E-state index in [0.29, 0.717) is 12.5 Å². The first kappa shape index (κ1) is 11.9. The molecule has 1 aromatic carbocycles. The van der Waals surface area contributed by atoms with Crippen molar-refractivity contribution in [3.8, 4) is 5.75 Å². The number of hydrogen-bond donors (Lipinski definition) is 1. The van der Waals surface area contributed by atoms with E-state index in [-0.39, 0.29) is 12.0 Å². The fourth-order valence-corrected chi connectivity index (χ4v) is 2.95. The molecule has 0 radical (unpaired) electrons. The molecule has 0 aliphatic carbocycles. The van der Waals surface area contributed by atoms with Gasteiger partial charge in [-0.3, -0.25) is 0 Å². The highest BCUT2D eigenvalue weighted by Gasteiger charge is 2.28. The summed E-state index contributed by atoms with van der Waals surface area (Å²) >= 11 is 0. The van der Waals surface area contributed by atoms with E-state index in [1.807, 2.05) is 18.2 Å². The molecule has 4 rings (SSSR count). The molecule has 104 valence electrons. The zero-order valence-electron chi connectivity index (χ0n) is 11.2. The van der Waals surface area contributed by atoms with E-state index in [2.05, 4.69) is 21.5 Å². The Bertz CT molecular complexity index is 605. The lowest BCUT2D eigenvalue weighted by molar-refractivity contribution is 0.230. The molecule has 1 fully saturated rings. The Hall–Kier alpha value is -1.88. The number of aromatic nitrogens is 2. The Balaban J connectivity index is 1.54. The molecule has 2 aromatic rings. The van der Waals surface area contributed by atoms with E-state index < -0.39 is 0 Å². The molecule has 3 heterocycles. The molecule has 2 aliphatic heterocycles. The SMILES string of the molecule is c1ccc2c(c1)CC(c1nc(C3CCCN3)no1)CO2. The smallest absolute Gasteiger partial charge is 0.233 e. The van der Waals surface area contributed by atoms with E-state index in [0.717, 1.165) is 31.0 Å². The van der Waals surface area contributed by atoms with Crippen molar-refractivity contribution in [3.05, 3.63) is 41.5 Å². The molecular weight excluding hydrogens is 254 g/mol. The Kier molecular flexibility index (Phi) is 2.92. The minimum atomic E-state index is 0.160. The molecule has 0 amide bonds. The minimum Gasteiger partial charge on any atom is -0.492 e. The van der Waals surface area contributed by atoms with Gasteiger partial charge >= 0.3 is 0 Å². The summed E-state index contributed by atoms with van der Waals surface area (Å²) in [5, 5.41) is 7.51. The zero-order valence-corrected chi connectivity index (χ0v) is 11.2. The van der Waals surface area contributed by atoms with Gasteiger partial charge in [0.05, 0.1) is 12.0 Å². The van der Waals surface area contributed by atoms with Crippen LogP contribution in [0.1, 0.15) is 42.1 Å². The second-order valence-corrected chi connectivity index (χ2v) is 5.46. The Morgan fingerprint density at radius 1 is 1.25 bits per heavy atom.